The fourth-order valence-electron chi connectivity index (χ4n) is 2.26. The summed E-state index contributed by atoms with van der Waals surface area (Å²) in [6.07, 6.45) is 0.860. The van der Waals surface area contributed by atoms with E-state index in [1.807, 2.05) is 6.92 Å². The van der Waals surface area contributed by atoms with Gasteiger partial charge >= 0.3 is 18.0 Å². The molecule has 0 radical (unpaired) electrons. The van der Waals surface area contributed by atoms with Crippen LogP contribution in [0.2, 0.25) is 0 Å². The Bertz CT molecular complexity index is 774. The number of aryl methyl sites for hydroxylation is 1. The highest BCUT2D eigenvalue weighted by Gasteiger charge is 2.39. The van der Waals surface area contributed by atoms with E-state index in [9.17, 15) is 27.9 Å². The number of carbonyl (C=O) groups excluding carboxylic acids is 2. The maximum absolute atomic E-state index is 12.2. The summed E-state index contributed by atoms with van der Waals surface area (Å²) < 4.78 is 23.5. The number of benzene rings is 1. The Morgan fingerprint density at radius 1 is 1.21 bits per heavy atom. The molecule has 1 aliphatic rings. The average Bonchev–Trinajstić information content (AvgIpc) is 2.87. The molecule has 1 aliphatic heterocycles. The van der Waals surface area contributed by atoms with E-state index in [4.69, 9.17) is 0 Å². The number of urea groups is 2. The van der Waals surface area contributed by atoms with Gasteiger partial charge in [0, 0.05) is 0 Å². The van der Waals surface area contributed by atoms with Crippen molar-refractivity contribution in [2.45, 2.75) is 13.0 Å². The molecule has 1 aromatic carbocycles. The van der Waals surface area contributed by atoms with Crippen LogP contribution < -0.4 is 5.32 Å². The van der Waals surface area contributed by atoms with Crippen LogP contribution in [0.25, 0.3) is 0 Å². The average molecular weight is 355 g/mol. The minimum Gasteiger partial charge on any atom is -0.479 e. The Balaban J connectivity index is 2.16. The molecular formula is C14H17N3O6S. The quantitative estimate of drug-likeness (QED) is 0.812. The van der Waals surface area contributed by atoms with E-state index in [1.165, 1.54) is 0 Å². The first kappa shape index (κ1) is 17.7. The lowest BCUT2D eigenvalue weighted by Crippen LogP contribution is -2.46. The van der Waals surface area contributed by atoms with Gasteiger partial charge in [-0.15, -0.1) is 0 Å². The van der Waals surface area contributed by atoms with Crippen molar-refractivity contribution < 1.29 is 27.9 Å². The lowest BCUT2D eigenvalue weighted by atomic mass is 10.1. The second-order valence-electron chi connectivity index (χ2n) is 5.40. The van der Waals surface area contributed by atoms with Gasteiger partial charge in [-0.05, 0) is 12.5 Å². The Morgan fingerprint density at radius 2 is 1.79 bits per heavy atom. The van der Waals surface area contributed by atoms with E-state index >= 15 is 0 Å². The minimum absolute atomic E-state index is 0.141. The molecule has 1 atom stereocenters. The highest BCUT2D eigenvalue weighted by atomic mass is 32.2. The molecule has 4 amide bonds. The topological polar surface area (TPSA) is 124 Å². The Morgan fingerprint density at radius 3 is 2.25 bits per heavy atom. The van der Waals surface area contributed by atoms with Gasteiger partial charge in [0.15, 0.2) is 6.04 Å². The van der Waals surface area contributed by atoms with E-state index in [2.05, 4.69) is 5.32 Å². The first-order chi connectivity index (χ1) is 11.1. The fourth-order valence-corrected chi connectivity index (χ4v) is 3.06. The van der Waals surface area contributed by atoms with Gasteiger partial charge in [0.1, 0.15) is 0 Å². The van der Waals surface area contributed by atoms with Crippen molar-refractivity contribution in [3.63, 3.8) is 0 Å². The molecular weight excluding hydrogens is 338 g/mol. The summed E-state index contributed by atoms with van der Waals surface area (Å²) in [5.41, 5.74) is 1.26. The van der Waals surface area contributed by atoms with Crippen LogP contribution in [0.15, 0.2) is 24.3 Å². The summed E-state index contributed by atoms with van der Waals surface area (Å²) in [6.45, 7) is 1.53. The summed E-state index contributed by atoms with van der Waals surface area (Å²) in [5.74, 6) is -1.29. The number of carboxylic acids is 1. The number of hydrogen-bond donors (Lipinski definition) is 2. The number of imide groups is 1. The predicted molar refractivity (Wildman–Crippen MR) is 83.7 cm³/mol. The number of sulfonamides is 1. The summed E-state index contributed by atoms with van der Waals surface area (Å²) in [5, 5.41) is 11.6. The third-order valence-electron chi connectivity index (χ3n) is 3.54. The van der Waals surface area contributed by atoms with Crippen molar-refractivity contribution in [3.8, 4) is 0 Å². The van der Waals surface area contributed by atoms with E-state index in [0.29, 0.717) is 14.8 Å². The first-order valence-corrected chi connectivity index (χ1v) is 8.85. The van der Waals surface area contributed by atoms with Gasteiger partial charge in [-0.1, -0.05) is 29.8 Å². The zero-order valence-electron chi connectivity index (χ0n) is 13.1. The van der Waals surface area contributed by atoms with Crippen LogP contribution in [0, 0.1) is 6.92 Å². The smallest absolute Gasteiger partial charge is 0.341 e. The zero-order valence-corrected chi connectivity index (χ0v) is 13.9. The molecule has 0 aromatic heterocycles. The highest BCUT2D eigenvalue weighted by Crippen LogP contribution is 2.17. The Labute approximate surface area is 138 Å². The summed E-state index contributed by atoms with van der Waals surface area (Å²) in [7, 11) is -3.77. The lowest BCUT2D eigenvalue weighted by Gasteiger charge is -2.20. The van der Waals surface area contributed by atoms with Gasteiger partial charge in [0.05, 0.1) is 19.3 Å². The third kappa shape index (κ3) is 3.65. The van der Waals surface area contributed by atoms with Crippen LogP contribution in [-0.4, -0.2) is 60.1 Å². The number of carbonyl (C=O) groups is 3. The maximum Gasteiger partial charge on any atom is 0.341 e. The number of amides is 4. The fraction of sp³-hybridized carbons (Fsp3) is 0.357. The van der Waals surface area contributed by atoms with E-state index < -0.39 is 34.1 Å². The molecule has 0 bridgehead atoms. The minimum atomic E-state index is -3.77. The van der Waals surface area contributed by atoms with Gasteiger partial charge in [-0.2, -0.15) is 0 Å². The normalized spacial score (nSPS) is 16.2. The highest BCUT2D eigenvalue weighted by molar-refractivity contribution is 7.88. The molecule has 1 unspecified atom stereocenters. The van der Waals surface area contributed by atoms with Gasteiger partial charge in [-0.3, -0.25) is 0 Å². The maximum atomic E-state index is 12.2. The molecule has 1 aromatic rings. The van der Waals surface area contributed by atoms with E-state index in [1.54, 1.807) is 24.3 Å². The molecule has 1 heterocycles. The monoisotopic (exact) mass is 355 g/mol. The van der Waals surface area contributed by atoms with Crippen molar-refractivity contribution in [1.29, 1.82) is 0 Å². The molecule has 130 valence electrons. The number of nitrogens with zero attached hydrogens (tertiary/aromatic N) is 2. The molecule has 9 nitrogen and oxygen atoms in total. The lowest BCUT2D eigenvalue weighted by molar-refractivity contribution is -0.139. The summed E-state index contributed by atoms with van der Waals surface area (Å²) in [6, 6.07) is 3.21. The Hall–Kier alpha value is -2.62. The molecule has 1 saturated heterocycles. The van der Waals surface area contributed by atoms with Crippen LogP contribution in [0.4, 0.5) is 9.59 Å². The van der Waals surface area contributed by atoms with Gasteiger partial charge in [-0.25, -0.2) is 32.0 Å². The summed E-state index contributed by atoms with van der Waals surface area (Å²) >= 11 is 0. The van der Waals surface area contributed by atoms with Gasteiger partial charge in [0.2, 0.25) is 10.0 Å². The number of aliphatic carboxylic acids is 1. The molecule has 1 fully saturated rings. The summed E-state index contributed by atoms with van der Waals surface area (Å²) in [4.78, 5) is 36.3. The van der Waals surface area contributed by atoms with Crippen LogP contribution in [0.5, 0.6) is 0 Å². The van der Waals surface area contributed by atoms with Crippen LogP contribution >= 0.6 is 0 Å². The number of nitrogens with one attached hydrogen (secondary N) is 1. The SMILES string of the molecule is Cc1ccc(C(NC(=O)N2CCN(S(C)(=O)=O)C2=O)C(=O)O)cc1. The molecule has 2 N–H and O–H groups in total. The third-order valence-corrected chi connectivity index (χ3v) is 4.68. The number of hydrogen-bond acceptors (Lipinski definition) is 5. The molecule has 10 heteroatoms. The number of rotatable bonds is 4. The molecule has 0 saturated carbocycles. The van der Waals surface area contributed by atoms with Crippen molar-refractivity contribution >= 4 is 28.1 Å². The van der Waals surface area contributed by atoms with Crippen molar-refractivity contribution in [2.75, 3.05) is 19.3 Å². The Kier molecular flexibility index (Phi) is 4.78. The van der Waals surface area contributed by atoms with Gasteiger partial charge < -0.3 is 10.4 Å². The van der Waals surface area contributed by atoms with Crippen molar-refractivity contribution in [1.82, 2.24) is 14.5 Å². The van der Waals surface area contributed by atoms with Crippen LogP contribution in [0.1, 0.15) is 17.2 Å². The second kappa shape index (κ2) is 6.48. The van der Waals surface area contributed by atoms with Gasteiger partial charge in [0.25, 0.3) is 0 Å². The molecule has 0 spiro atoms. The van der Waals surface area contributed by atoms with E-state index in [-0.39, 0.29) is 13.1 Å². The predicted octanol–water partition coefficient (Wildman–Crippen LogP) is 0.528. The number of carboxylic acid groups (broad SMARTS) is 1. The second-order valence-corrected chi connectivity index (χ2v) is 7.31. The standard InChI is InChI=1S/C14H17N3O6S/c1-9-3-5-10(6-4-9)11(12(18)19)15-13(20)16-7-8-17(14(16)21)24(2,22)23/h3-6,11H,7-8H2,1-2H3,(H,15,20)(H,18,19). The van der Waals surface area contributed by atoms with Crippen molar-refractivity contribution in [3.05, 3.63) is 35.4 Å². The first-order valence-electron chi connectivity index (χ1n) is 7.00. The van der Waals surface area contributed by atoms with Crippen molar-refractivity contribution in [2.24, 2.45) is 0 Å². The molecule has 0 aliphatic carbocycles. The van der Waals surface area contributed by atoms with E-state index in [0.717, 1.165) is 11.8 Å². The van der Waals surface area contributed by atoms with Crippen LogP contribution in [0.3, 0.4) is 0 Å². The molecule has 24 heavy (non-hydrogen) atoms. The zero-order chi connectivity index (χ0) is 18.1. The van der Waals surface area contributed by atoms with Crippen LogP contribution in [-0.2, 0) is 14.8 Å². The largest absolute Gasteiger partial charge is 0.479 e. The molecule has 2 rings (SSSR count).